The molecule has 14 heavy (non-hydrogen) atoms. The molecule has 0 unspecified atom stereocenters. The van der Waals surface area contributed by atoms with Crippen molar-refractivity contribution in [3.05, 3.63) is 36.1 Å². The molecule has 0 spiro atoms. The van der Waals surface area contributed by atoms with Crippen LogP contribution in [-0.4, -0.2) is 0 Å². The fourth-order valence-electron chi connectivity index (χ4n) is 0.407. The van der Waals surface area contributed by atoms with Crippen molar-refractivity contribution >= 4 is 0 Å². The first-order valence-electron chi connectivity index (χ1n) is 4.67. The van der Waals surface area contributed by atoms with E-state index in [9.17, 15) is 0 Å². The Morgan fingerprint density at radius 1 is 1.14 bits per heavy atom. The predicted octanol–water partition coefficient (Wildman–Crippen LogP) is 3.44. The molecule has 0 atom stereocenters. The van der Waals surface area contributed by atoms with E-state index in [1.807, 2.05) is 26.0 Å². The van der Waals surface area contributed by atoms with E-state index in [-0.39, 0.29) is 32.7 Å². The summed E-state index contributed by atoms with van der Waals surface area (Å²) >= 11 is 0. The van der Waals surface area contributed by atoms with Crippen molar-refractivity contribution in [2.24, 2.45) is 11.7 Å². The average molecular weight is 269 g/mol. The Balaban J connectivity index is -0.000000209. The molecule has 0 aromatic heterocycles. The minimum atomic E-state index is 0. The van der Waals surface area contributed by atoms with E-state index >= 15 is 0 Å². The van der Waals surface area contributed by atoms with Crippen LogP contribution in [0.2, 0.25) is 0 Å². The van der Waals surface area contributed by atoms with Crippen LogP contribution in [0, 0.1) is 12.0 Å². The van der Waals surface area contributed by atoms with Crippen LogP contribution in [0.5, 0.6) is 0 Å². The third-order valence-electron chi connectivity index (χ3n) is 0.763. The summed E-state index contributed by atoms with van der Waals surface area (Å²) in [4.78, 5) is 0. The number of hydrogen-bond donors (Lipinski definition) is 1. The molecule has 2 heteroatoms. The molecular weight excluding hydrogens is 247 g/mol. The van der Waals surface area contributed by atoms with E-state index < -0.39 is 0 Å². The monoisotopic (exact) mass is 269 g/mol. The van der Waals surface area contributed by atoms with Crippen LogP contribution >= 0.6 is 0 Å². The molecule has 2 N–H and O–H groups in total. The number of nitrogens with two attached hydrogens (primary N) is 1. The van der Waals surface area contributed by atoms with Crippen LogP contribution in [0.15, 0.2) is 30.0 Å². The Morgan fingerprint density at radius 2 is 1.57 bits per heavy atom. The number of hydrogen-bond acceptors (Lipinski definition) is 1. The summed E-state index contributed by atoms with van der Waals surface area (Å²) in [6.45, 7) is 10.3. The molecule has 0 bridgehead atoms. The zero-order valence-electron chi connectivity index (χ0n) is 10.0. The topological polar surface area (TPSA) is 26.0 Å². The summed E-state index contributed by atoms with van der Waals surface area (Å²) in [5.74, 6) is 0.833. The van der Waals surface area contributed by atoms with Gasteiger partial charge < -0.3 is 5.73 Å². The zero-order chi connectivity index (χ0) is 10.7. The van der Waals surface area contributed by atoms with Crippen molar-refractivity contribution in [1.82, 2.24) is 0 Å². The first kappa shape index (κ1) is 19.7. The minimum Gasteiger partial charge on any atom is -0.420 e. The van der Waals surface area contributed by atoms with Gasteiger partial charge >= 0.3 is 0 Å². The van der Waals surface area contributed by atoms with Crippen LogP contribution in [0.3, 0.4) is 0 Å². The summed E-state index contributed by atoms with van der Waals surface area (Å²) in [7, 11) is 0. The first-order chi connectivity index (χ1) is 6.04. The largest absolute Gasteiger partial charge is 0.420 e. The van der Waals surface area contributed by atoms with E-state index in [0.717, 1.165) is 5.92 Å². The third-order valence-corrected chi connectivity index (χ3v) is 0.763. The van der Waals surface area contributed by atoms with Gasteiger partial charge in [-0.1, -0.05) is 40.3 Å². The Morgan fingerprint density at radius 3 is 1.86 bits per heavy atom. The minimum absolute atomic E-state index is 0. The molecule has 0 aliphatic carbocycles. The maximum atomic E-state index is 5.44. The third kappa shape index (κ3) is 29.6. The van der Waals surface area contributed by atoms with Gasteiger partial charge in [0.05, 0.1) is 0 Å². The molecular formula is C12H22NY-. The molecule has 0 fully saturated rings. The van der Waals surface area contributed by atoms with Crippen LogP contribution in [0.25, 0.3) is 0 Å². The summed E-state index contributed by atoms with van der Waals surface area (Å²) in [5.41, 5.74) is 6.10. The van der Waals surface area contributed by atoms with E-state index in [1.165, 1.54) is 0 Å². The Bertz CT molecular complexity index is 176. The quantitative estimate of drug-likeness (QED) is 0.603. The predicted molar refractivity (Wildman–Crippen MR) is 61.1 cm³/mol. The maximum Gasteiger partial charge on any atom is 0 e. The van der Waals surface area contributed by atoms with Gasteiger partial charge in [0.1, 0.15) is 0 Å². The molecule has 0 aliphatic rings. The van der Waals surface area contributed by atoms with Crippen LogP contribution in [0.1, 0.15) is 34.6 Å². The van der Waals surface area contributed by atoms with E-state index in [2.05, 4.69) is 26.8 Å². The molecule has 1 radical (unpaired) electrons. The van der Waals surface area contributed by atoms with Gasteiger partial charge in [0.2, 0.25) is 0 Å². The molecule has 0 rings (SSSR count). The Labute approximate surface area is 114 Å². The second kappa shape index (κ2) is 15.6. The second-order valence-corrected chi connectivity index (χ2v) is 3.33. The van der Waals surface area contributed by atoms with Gasteiger partial charge in [-0.15, -0.1) is 12.2 Å². The van der Waals surface area contributed by atoms with Gasteiger partial charge in [0.25, 0.3) is 0 Å². The van der Waals surface area contributed by atoms with Crippen molar-refractivity contribution in [1.29, 1.82) is 0 Å². The molecule has 0 saturated carbocycles. The fourth-order valence-corrected chi connectivity index (χ4v) is 0.407. The van der Waals surface area contributed by atoms with Gasteiger partial charge in [-0.2, -0.15) is 18.2 Å². The molecule has 0 saturated heterocycles. The average Bonchev–Trinajstić information content (AvgIpc) is 2.00. The van der Waals surface area contributed by atoms with Crippen LogP contribution in [0.4, 0.5) is 0 Å². The van der Waals surface area contributed by atoms with Crippen LogP contribution in [-0.2, 0) is 32.7 Å². The molecule has 0 amide bonds. The molecule has 0 heterocycles. The zero-order valence-corrected chi connectivity index (χ0v) is 12.9. The summed E-state index contributed by atoms with van der Waals surface area (Å²) in [6, 6.07) is 0. The summed E-state index contributed by atoms with van der Waals surface area (Å²) in [5, 5.41) is 0. The first-order valence-corrected chi connectivity index (χ1v) is 4.67. The second-order valence-electron chi connectivity index (χ2n) is 3.33. The van der Waals surface area contributed by atoms with Crippen molar-refractivity contribution in [2.75, 3.05) is 0 Å². The summed E-state index contributed by atoms with van der Waals surface area (Å²) < 4.78 is 0. The normalized spacial score (nSPS) is 11.4. The smallest absolute Gasteiger partial charge is 0 e. The van der Waals surface area contributed by atoms with Gasteiger partial charge in [0, 0.05) is 32.7 Å². The maximum absolute atomic E-state index is 5.44. The number of rotatable bonds is 2. The van der Waals surface area contributed by atoms with E-state index in [0.29, 0.717) is 5.70 Å². The Hall–Kier alpha value is 0.124. The van der Waals surface area contributed by atoms with Crippen LogP contribution < -0.4 is 5.73 Å². The van der Waals surface area contributed by atoms with Gasteiger partial charge in [-0.25, -0.2) is 0 Å². The van der Waals surface area contributed by atoms with Crippen molar-refractivity contribution in [2.45, 2.75) is 34.6 Å². The molecule has 0 aliphatic heterocycles. The van der Waals surface area contributed by atoms with E-state index in [1.54, 1.807) is 12.2 Å². The summed E-state index contributed by atoms with van der Waals surface area (Å²) in [6.07, 6.45) is 10.2. The van der Waals surface area contributed by atoms with Gasteiger partial charge in [-0.3, -0.25) is 0 Å². The van der Waals surface area contributed by atoms with Gasteiger partial charge in [0.15, 0.2) is 0 Å². The number of allylic oxidation sites excluding steroid dienone is 5. The Kier molecular flexibility index (Phi) is 21.9. The molecule has 0 aromatic carbocycles. The SMILES string of the molecule is CC(C)C.C\C=C/[C-]=C(N)\C=C/C.[Y]. The van der Waals surface area contributed by atoms with Gasteiger partial charge in [-0.05, 0) is 5.92 Å². The van der Waals surface area contributed by atoms with Crippen molar-refractivity contribution in [3.63, 3.8) is 0 Å². The van der Waals surface area contributed by atoms with Crippen molar-refractivity contribution < 1.29 is 32.7 Å². The molecule has 0 aromatic rings. The fraction of sp³-hybridized carbons (Fsp3) is 0.500. The molecule has 1 nitrogen and oxygen atoms in total. The van der Waals surface area contributed by atoms with Crippen molar-refractivity contribution in [3.8, 4) is 0 Å². The molecule has 79 valence electrons. The standard InChI is InChI=1S/C8H12N.C4H10.Y/c1-3-5-7-8(9)6-4-2;1-4(2)3;/h3-6H,9H2,1-2H3;4H,1-3H3;/q-1;;/b5-3-,6-4-;;. The van der Waals surface area contributed by atoms with E-state index in [4.69, 9.17) is 5.73 Å².